The topological polar surface area (TPSA) is 30.5 Å². The van der Waals surface area contributed by atoms with Crippen LogP contribution in [0.3, 0.4) is 0 Å². The number of halogens is 2. The van der Waals surface area contributed by atoms with Gasteiger partial charge < -0.3 is 14.8 Å². The third-order valence-corrected chi connectivity index (χ3v) is 7.96. The minimum absolute atomic E-state index is 0.240. The molecule has 0 unspecified atom stereocenters. The van der Waals surface area contributed by atoms with Crippen molar-refractivity contribution in [3.05, 3.63) is 57.8 Å². The van der Waals surface area contributed by atoms with Gasteiger partial charge in [0, 0.05) is 12.1 Å². The molecular formula is C26H31BrFNO2. The molecule has 2 aromatic carbocycles. The highest BCUT2D eigenvalue weighted by atomic mass is 79.9. The van der Waals surface area contributed by atoms with Crippen LogP contribution in [0.4, 0.5) is 4.39 Å². The highest BCUT2D eigenvalue weighted by molar-refractivity contribution is 9.10. The molecule has 4 fully saturated rings. The molecule has 0 amide bonds. The molecule has 0 heterocycles. The first-order valence-corrected chi connectivity index (χ1v) is 12.4. The van der Waals surface area contributed by atoms with Crippen LogP contribution in [0.25, 0.3) is 0 Å². The molecule has 0 spiro atoms. The Morgan fingerprint density at radius 1 is 0.968 bits per heavy atom. The normalized spacial score (nSPS) is 28.7. The first-order chi connectivity index (χ1) is 15.0. The van der Waals surface area contributed by atoms with Gasteiger partial charge in [-0.1, -0.05) is 12.1 Å². The van der Waals surface area contributed by atoms with Crippen LogP contribution in [-0.4, -0.2) is 12.1 Å². The summed E-state index contributed by atoms with van der Waals surface area (Å²) in [6.45, 7) is 3.77. The summed E-state index contributed by atoms with van der Waals surface area (Å²) in [4.78, 5) is 0. The molecule has 4 bridgehead atoms. The van der Waals surface area contributed by atoms with Gasteiger partial charge >= 0.3 is 0 Å². The Hall–Kier alpha value is -1.59. The van der Waals surface area contributed by atoms with Crippen molar-refractivity contribution in [3.8, 4) is 11.5 Å². The highest BCUT2D eigenvalue weighted by Crippen LogP contribution is 2.55. The lowest BCUT2D eigenvalue weighted by Crippen LogP contribution is -2.58. The van der Waals surface area contributed by atoms with Crippen molar-refractivity contribution in [2.24, 2.45) is 17.8 Å². The summed E-state index contributed by atoms with van der Waals surface area (Å²) >= 11 is 3.69. The predicted octanol–water partition coefficient (Wildman–Crippen LogP) is 6.62. The molecular weight excluding hydrogens is 457 g/mol. The average molecular weight is 488 g/mol. The molecule has 0 atom stereocenters. The van der Waals surface area contributed by atoms with Gasteiger partial charge in [-0.05, 0) is 115 Å². The van der Waals surface area contributed by atoms with Gasteiger partial charge in [0.1, 0.15) is 12.4 Å². The standard InChI is InChI=1S/C26H31BrFNO2/c1-2-30-24-11-21(10-23(27)25(24)31-16-17-3-5-22(28)6-4-17)15-29-26-12-18-7-19(13-26)9-20(8-18)14-26/h3-6,10-11,18-20,29H,2,7-9,12-16H2,1H3. The lowest BCUT2D eigenvalue weighted by atomic mass is 9.53. The molecule has 0 aromatic heterocycles. The zero-order chi connectivity index (χ0) is 21.4. The molecule has 6 rings (SSSR count). The van der Waals surface area contributed by atoms with Gasteiger partial charge in [-0.3, -0.25) is 0 Å². The van der Waals surface area contributed by atoms with E-state index in [9.17, 15) is 4.39 Å². The van der Waals surface area contributed by atoms with E-state index in [1.165, 1.54) is 56.2 Å². The van der Waals surface area contributed by atoms with Crippen molar-refractivity contribution >= 4 is 15.9 Å². The maximum absolute atomic E-state index is 13.2. The SMILES string of the molecule is CCOc1cc(CNC23CC4CC(CC(C4)C2)C3)cc(Br)c1OCc1ccc(F)cc1. The number of hydrogen-bond acceptors (Lipinski definition) is 3. The van der Waals surface area contributed by atoms with Gasteiger partial charge in [0.2, 0.25) is 0 Å². The Kier molecular flexibility index (Phi) is 6.00. The third kappa shape index (κ3) is 4.63. The molecule has 0 aliphatic heterocycles. The van der Waals surface area contributed by atoms with E-state index < -0.39 is 0 Å². The fourth-order valence-electron chi connectivity index (χ4n) is 6.48. The van der Waals surface area contributed by atoms with Crippen molar-refractivity contribution < 1.29 is 13.9 Å². The Labute approximate surface area is 192 Å². The zero-order valence-electron chi connectivity index (χ0n) is 18.1. The van der Waals surface area contributed by atoms with E-state index in [1.807, 2.05) is 6.92 Å². The van der Waals surface area contributed by atoms with Gasteiger partial charge in [-0.2, -0.15) is 0 Å². The van der Waals surface area contributed by atoms with Crippen molar-refractivity contribution in [2.45, 2.75) is 64.1 Å². The lowest BCUT2D eigenvalue weighted by Gasteiger charge is -2.57. The van der Waals surface area contributed by atoms with Crippen LogP contribution in [-0.2, 0) is 13.2 Å². The van der Waals surface area contributed by atoms with Crippen LogP contribution in [0.5, 0.6) is 11.5 Å². The summed E-state index contributed by atoms with van der Waals surface area (Å²) in [7, 11) is 0. The van der Waals surface area contributed by atoms with E-state index in [4.69, 9.17) is 9.47 Å². The van der Waals surface area contributed by atoms with Crippen molar-refractivity contribution in [2.75, 3.05) is 6.61 Å². The maximum Gasteiger partial charge on any atom is 0.175 e. The molecule has 5 heteroatoms. The number of benzene rings is 2. The molecule has 2 aromatic rings. The predicted molar refractivity (Wildman–Crippen MR) is 124 cm³/mol. The molecule has 166 valence electrons. The Morgan fingerprint density at radius 2 is 1.61 bits per heavy atom. The molecule has 4 aliphatic carbocycles. The first-order valence-electron chi connectivity index (χ1n) is 11.6. The van der Waals surface area contributed by atoms with Gasteiger partial charge in [-0.15, -0.1) is 0 Å². The summed E-state index contributed by atoms with van der Waals surface area (Å²) in [6, 6.07) is 10.6. The average Bonchev–Trinajstić information content (AvgIpc) is 2.72. The molecule has 1 N–H and O–H groups in total. The van der Waals surface area contributed by atoms with Crippen LogP contribution >= 0.6 is 15.9 Å². The summed E-state index contributed by atoms with van der Waals surface area (Å²) in [6.07, 6.45) is 8.41. The monoisotopic (exact) mass is 487 g/mol. The van der Waals surface area contributed by atoms with E-state index in [0.29, 0.717) is 24.5 Å². The van der Waals surface area contributed by atoms with Gasteiger partial charge in [-0.25, -0.2) is 4.39 Å². The number of hydrogen-bond donors (Lipinski definition) is 1. The molecule has 3 nitrogen and oxygen atoms in total. The van der Waals surface area contributed by atoms with E-state index in [1.54, 1.807) is 12.1 Å². The van der Waals surface area contributed by atoms with Gasteiger partial charge in [0.15, 0.2) is 11.5 Å². The van der Waals surface area contributed by atoms with Gasteiger partial charge in [0.25, 0.3) is 0 Å². The minimum Gasteiger partial charge on any atom is -0.490 e. The Morgan fingerprint density at radius 3 is 2.23 bits per heavy atom. The molecule has 31 heavy (non-hydrogen) atoms. The largest absolute Gasteiger partial charge is 0.490 e. The summed E-state index contributed by atoms with van der Waals surface area (Å²) in [5, 5.41) is 3.97. The molecule has 4 saturated carbocycles. The van der Waals surface area contributed by atoms with Crippen LogP contribution < -0.4 is 14.8 Å². The van der Waals surface area contributed by atoms with E-state index in [0.717, 1.165) is 40.1 Å². The van der Waals surface area contributed by atoms with Crippen molar-refractivity contribution in [3.63, 3.8) is 0 Å². The summed E-state index contributed by atoms with van der Waals surface area (Å²) in [5.41, 5.74) is 2.47. The number of ether oxygens (including phenoxy) is 2. The smallest absolute Gasteiger partial charge is 0.175 e. The van der Waals surface area contributed by atoms with E-state index in [2.05, 4.69) is 33.4 Å². The van der Waals surface area contributed by atoms with E-state index in [-0.39, 0.29) is 5.82 Å². The summed E-state index contributed by atoms with van der Waals surface area (Å²) in [5.74, 6) is 4.02. The van der Waals surface area contributed by atoms with Crippen molar-refractivity contribution in [1.29, 1.82) is 0 Å². The third-order valence-electron chi connectivity index (χ3n) is 7.37. The minimum atomic E-state index is -0.240. The molecule has 4 aliphatic rings. The fraction of sp³-hybridized carbons (Fsp3) is 0.538. The van der Waals surface area contributed by atoms with Crippen LogP contribution in [0, 0.1) is 23.6 Å². The molecule has 0 saturated heterocycles. The quantitative estimate of drug-likeness (QED) is 0.453. The van der Waals surface area contributed by atoms with Crippen molar-refractivity contribution in [1.82, 2.24) is 5.32 Å². The van der Waals surface area contributed by atoms with Crippen LogP contribution in [0.1, 0.15) is 56.6 Å². The van der Waals surface area contributed by atoms with E-state index >= 15 is 0 Å². The maximum atomic E-state index is 13.2. The van der Waals surface area contributed by atoms with Crippen LogP contribution in [0.15, 0.2) is 40.9 Å². The lowest BCUT2D eigenvalue weighted by molar-refractivity contribution is -0.0206. The number of rotatable bonds is 8. The zero-order valence-corrected chi connectivity index (χ0v) is 19.7. The summed E-state index contributed by atoms with van der Waals surface area (Å²) < 4.78 is 26.0. The fourth-order valence-corrected chi connectivity index (χ4v) is 7.08. The number of nitrogens with one attached hydrogen (secondary N) is 1. The second-order valence-electron chi connectivity index (χ2n) is 9.80. The van der Waals surface area contributed by atoms with Gasteiger partial charge in [0.05, 0.1) is 11.1 Å². The first kappa shape index (κ1) is 21.3. The second kappa shape index (κ2) is 8.74. The Balaban J connectivity index is 1.29. The Bertz CT molecular complexity index is 894. The highest BCUT2D eigenvalue weighted by Gasteiger charge is 2.50. The second-order valence-corrected chi connectivity index (χ2v) is 10.7. The molecule has 0 radical (unpaired) electrons. The van der Waals surface area contributed by atoms with Crippen LogP contribution in [0.2, 0.25) is 0 Å².